The summed E-state index contributed by atoms with van der Waals surface area (Å²) in [6.07, 6.45) is 1.99. The Balaban J connectivity index is 0.00000225. The lowest BCUT2D eigenvalue weighted by Crippen LogP contribution is -2.47. The number of aromatic nitrogens is 2. The molecule has 1 aliphatic heterocycles. The van der Waals surface area contributed by atoms with Crippen LogP contribution in [0.1, 0.15) is 34.9 Å². The lowest BCUT2D eigenvalue weighted by Gasteiger charge is -2.32. The maximum Gasteiger partial charge on any atom is 0.251 e. The summed E-state index contributed by atoms with van der Waals surface area (Å²) in [6, 6.07) is 14.0. The molecule has 1 unspecified atom stereocenters. The minimum atomic E-state index is -0.0300. The molecular weight excluding hydrogens is 378 g/mol. The molecule has 3 aromatic rings. The predicted molar refractivity (Wildman–Crippen MR) is 109 cm³/mol. The average molecular weight is 402 g/mol. The molecule has 4 rings (SSSR count). The molecule has 1 atom stereocenters. The van der Waals surface area contributed by atoms with Gasteiger partial charge in [0, 0.05) is 18.2 Å². The van der Waals surface area contributed by atoms with Gasteiger partial charge in [0.25, 0.3) is 5.91 Å². The number of amides is 1. The Kier molecular flexibility index (Phi) is 6.61. The van der Waals surface area contributed by atoms with E-state index in [0.717, 1.165) is 36.7 Å². The highest BCUT2D eigenvalue weighted by atomic mass is 35.5. The fourth-order valence-electron chi connectivity index (χ4n) is 3.55. The Morgan fingerprint density at radius 1 is 1.25 bits per heavy atom. The normalized spacial score (nSPS) is 17.2. The molecule has 1 aliphatic rings. The summed E-state index contributed by atoms with van der Waals surface area (Å²) in [5.74, 6) is 1.05. The van der Waals surface area contributed by atoms with Crippen LogP contribution < -0.4 is 11.1 Å². The minimum Gasteiger partial charge on any atom is -0.348 e. The van der Waals surface area contributed by atoms with E-state index < -0.39 is 0 Å². The monoisotopic (exact) mass is 401 g/mol. The number of likely N-dealkylation sites (tertiary alicyclic amines) is 1. The third kappa shape index (κ3) is 4.67. The Hall–Kier alpha value is -2.48. The van der Waals surface area contributed by atoms with Gasteiger partial charge in [0.1, 0.15) is 0 Å². The molecule has 0 radical (unpaired) electrons. The molecule has 1 amide bonds. The van der Waals surface area contributed by atoms with Gasteiger partial charge in [0.05, 0.1) is 13.1 Å². The largest absolute Gasteiger partial charge is 0.348 e. The van der Waals surface area contributed by atoms with Crippen LogP contribution in [0.5, 0.6) is 0 Å². The number of fused-ring (bicyclic) bond motifs is 1. The molecule has 1 fully saturated rings. The van der Waals surface area contributed by atoms with Gasteiger partial charge in [-0.25, -0.2) is 0 Å². The van der Waals surface area contributed by atoms with E-state index in [2.05, 4.69) is 20.4 Å². The zero-order valence-corrected chi connectivity index (χ0v) is 16.3. The molecule has 0 spiro atoms. The van der Waals surface area contributed by atoms with Gasteiger partial charge < -0.3 is 15.6 Å². The van der Waals surface area contributed by atoms with Gasteiger partial charge in [-0.15, -0.1) is 12.4 Å². The van der Waals surface area contributed by atoms with Crippen LogP contribution in [0.25, 0.3) is 10.8 Å². The molecule has 0 aliphatic carbocycles. The second-order valence-electron chi connectivity index (χ2n) is 6.92. The molecule has 148 valence electrons. The second kappa shape index (κ2) is 9.14. The molecule has 3 N–H and O–H groups in total. The maximum atomic E-state index is 12.7. The Morgan fingerprint density at radius 2 is 2.07 bits per heavy atom. The predicted octanol–water partition coefficient (Wildman–Crippen LogP) is 2.50. The quantitative estimate of drug-likeness (QED) is 0.681. The molecule has 1 saturated heterocycles. The number of rotatable bonds is 5. The molecule has 0 saturated carbocycles. The van der Waals surface area contributed by atoms with Gasteiger partial charge in [0.15, 0.2) is 5.82 Å². The van der Waals surface area contributed by atoms with Crippen molar-refractivity contribution in [3.63, 3.8) is 0 Å². The zero-order valence-electron chi connectivity index (χ0n) is 15.5. The molecule has 2 aromatic carbocycles. The summed E-state index contributed by atoms with van der Waals surface area (Å²) < 4.78 is 5.06. The molecular formula is C20H24ClN5O2. The fourth-order valence-corrected chi connectivity index (χ4v) is 3.55. The number of hydrogen-bond donors (Lipinski definition) is 2. The van der Waals surface area contributed by atoms with Crippen LogP contribution in [0.3, 0.4) is 0 Å². The standard InChI is InChI=1S/C20H23N5O2.ClH/c21-11-19-23-18(24-27-19)13-25-9-3-6-17(12-25)22-20(26)16-8-7-14-4-1-2-5-15(14)10-16;/h1-2,4-5,7-8,10,17H,3,6,9,11-13,21H2,(H,22,26);1H. The van der Waals surface area contributed by atoms with E-state index in [1.807, 2.05) is 42.5 Å². The first kappa shape index (κ1) is 20.3. The average Bonchev–Trinajstić information content (AvgIpc) is 3.15. The molecule has 8 heteroatoms. The van der Waals surface area contributed by atoms with Crippen LogP contribution in [-0.2, 0) is 13.1 Å². The maximum absolute atomic E-state index is 12.7. The van der Waals surface area contributed by atoms with Gasteiger partial charge in [-0.2, -0.15) is 4.98 Å². The summed E-state index contributed by atoms with van der Waals surface area (Å²) in [7, 11) is 0. The lowest BCUT2D eigenvalue weighted by atomic mass is 10.0. The van der Waals surface area contributed by atoms with E-state index in [-0.39, 0.29) is 30.9 Å². The van der Waals surface area contributed by atoms with Crippen LogP contribution in [0.15, 0.2) is 47.0 Å². The lowest BCUT2D eigenvalue weighted by molar-refractivity contribution is 0.0899. The SMILES string of the molecule is Cl.NCc1nc(CN2CCCC(NC(=O)c3ccc4ccccc4c3)C2)no1. The third-order valence-corrected chi connectivity index (χ3v) is 4.90. The van der Waals surface area contributed by atoms with Crippen molar-refractivity contribution < 1.29 is 9.32 Å². The highest BCUT2D eigenvalue weighted by molar-refractivity contribution is 5.98. The van der Waals surface area contributed by atoms with Gasteiger partial charge in [0.2, 0.25) is 5.89 Å². The first-order valence-electron chi connectivity index (χ1n) is 9.25. The first-order valence-corrected chi connectivity index (χ1v) is 9.25. The van der Waals surface area contributed by atoms with E-state index in [1.165, 1.54) is 0 Å². The van der Waals surface area contributed by atoms with Gasteiger partial charge >= 0.3 is 0 Å². The van der Waals surface area contributed by atoms with Crippen molar-refractivity contribution in [3.05, 3.63) is 59.7 Å². The number of carbonyl (C=O) groups is 1. The topological polar surface area (TPSA) is 97.3 Å². The Morgan fingerprint density at radius 3 is 2.86 bits per heavy atom. The van der Waals surface area contributed by atoms with Crippen molar-refractivity contribution in [2.45, 2.75) is 32.0 Å². The van der Waals surface area contributed by atoms with E-state index in [1.54, 1.807) is 0 Å². The summed E-state index contributed by atoms with van der Waals surface area (Å²) in [4.78, 5) is 19.2. The van der Waals surface area contributed by atoms with Crippen LogP contribution in [0.2, 0.25) is 0 Å². The molecule has 1 aromatic heterocycles. The summed E-state index contributed by atoms with van der Waals surface area (Å²) in [5.41, 5.74) is 6.20. The highest BCUT2D eigenvalue weighted by Gasteiger charge is 2.23. The minimum absolute atomic E-state index is 0. The van der Waals surface area contributed by atoms with Crippen molar-refractivity contribution >= 4 is 29.1 Å². The van der Waals surface area contributed by atoms with Crippen molar-refractivity contribution in [1.82, 2.24) is 20.4 Å². The number of halogens is 1. The number of carbonyl (C=O) groups excluding carboxylic acids is 1. The van der Waals surface area contributed by atoms with Crippen molar-refractivity contribution in [3.8, 4) is 0 Å². The van der Waals surface area contributed by atoms with E-state index >= 15 is 0 Å². The highest BCUT2D eigenvalue weighted by Crippen LogP contribution is 2.17. The van der Waals surface area contributed by atoms with Crippen molar-refractivity contribution in [2.75, 3.05) is 13.1 Å². The summed E-state index contributed by atoms with van der Waals surface area (Å²) in [6.45, 7) is 2.57. The number of nitrogens with one attached hydrogen (secondary N) is 1. The summed E-state index contributed by atoms with van der Waals surface area (Å²) >= 11 is 0. The van der Waals surface area contributed by atoms with Crippen molar-refractivity contribution in [2.24, 2.45) is 5.73 Å². The zero-order chi connectivity index (χ0) is 18.6. The number of benzene rings is 2. The number of nitrogens with zero attached hydrogens (tertiary/aromatic N) is 3. The van der Waals surface area contributed by atoms with E-state index in [0.29, 0.717) is 23.8 Å². The van der Waals surface area contributed by atoms with Gasteiger partial charge in [-0.05, 0) is 42.3 Å². The van der Waals surface area contributed by atoms with Gasteiger partial charge in [-0.1, -0.05) is 35.5 Å². The third-order valence-electron chi connectivity index (χ3n) is 4.90. The fraction of sp³-hybridized carbons (Fsp3) is 0.350. The molecule has 0 bridgehead atoms. The van der Waals surface area contributed by atoms with Crippen molar-refractivity contribution in [1.29, 1.82) is 0 Å². The molecule has 28 heavy (non-hydrogen) atoms. The second-order valence-corrected chi connectivity index (χ2v) is 6.92. The van der Waals surface area contributed by atoms with Crippen LogP contribution in [0, 0.1) is 0 Å². The van der Waals surface area contributed by atoms with Crippen LogP contribution >= 0.6 is 12.4 Å². The number of hydrogen-bond acceptors (Lipinski definition) is 6. The van der Waals surface area contributed by atoms with E-state index in [9.17, 15) is 4.79 Å². The smallest absolute Gasteiger partial charge is 0.251 e. The van der Waals surface area contributed by atoms with E-state index in [4.69, 9.17) is 10.3 Å². The van der Waals surface area contributed by atoms with Gasteiger partial charge in [-0.3, -0.25) is 9.69 Å². The Labute approximate surface area is 169 Å². The Bertz CT molecular complexity index is 945. The van der Waals surface area contributed by atoms with Crippen LogP contribution in [0.4, 0.5) is 0 Å². The van der Waals surface area contributed by atoms with Crippen LogP contribution in [-0.4, -0.2) is 40.1 Å². The first-order chi connectivity index (χ1) is 13.2. The molecule has 2 heterocycles. The number of piperidine rings is 1. The summed E-state index contributed by atoms with van der Waals surface area (Å²) in [5, 5.41) is 9.32. The molecule has 7 nitrogen and oxygen atoms in total. The number of nitrogens with two attached hydrogens (primary N) is 1.